The Bertz CT molecular complexity index is 409. The van der Waals surface area contributed by atoms with Crippen molar-refractivity contribution in [3.05, 3.63) is 0 Å². The van der Waals surface area contributed by atoms with Crippen LogP contribution < -0.4 is 0 Å². The molecule has 0 radical (unpaired) electrons. The van der Waals surface area contributed by atoms with E-state index in [1.807, 2.05) is 0 Å². The van der Waals surface area contributed by atoms with Gasteiger partial charge in [-0.15, -0.1) is 0 Å². The molecule has 0 aromatic rings. The molecular weight excluding hydrogens is 282 g/mol. The molecule has 0 aromatic carbocycles. The van der Waals surface area contributed by atoms with Gasteiger partial charge in [0.2, 0.25) is 5.91 Å². The summed E-state index contributed by atoms with van der Waals surface area (Å²) in [7, 11) is 0. The van der Waals surface area contributed by atoms with E-state index in [9.17, 15) is 9.59 Å². The Balaban J connectivity index is 1.95. The summed E-state index contributed by atoms with van der Waals surface area (Å²) in [5.41, 5.74) is 0. The Kier molecular flexibility index (Phi) is 5.84. The van der Waals surface area contributed by atoms with Crippen LogP contribution in [0.3, 0.4) is 0 Å². The molecule has 2 rings (SSSR count). The number of ether oxygens (including phenoxy) is 2. The van der Waals surface area contributed by atoms with Crippen molar-refractivity contribution in [2.45, 2.75) is 59.2 Å². The van der Waals surface area contributed by atoms with Crippen LogP contribution in [0.15, 0.2) is 0 Å². The number of nitrogens with zero attached hydrogens (tertiary/aromatic N) is 1. The van der Waals surface area contributed by atoms with Crippen LogP contribution >= 0.6 is 0 Å². The molecule has 0 bridgehead atoms. The maximum absolute atomic E-state index is 12.4. The Morgan fingerprint density at radius 3 is 2.64 bits per heavy atom. The third-order valence-electron chi connectivity index (χ3n) is 5.00. The van der Waals surface area contributed by atoms with Gasteiger partial charge >= 0.3 is 5.97 Å². The van der Waals surface area contributed by atoms with E-state index in [1.165, 1.54) is 13.3 Å². The smallest absolute Gasteiger partial charge is 0.337 e. The van der Waals surface area contributed by atoms with E-state index in [1.54, 1.807) is 4.90 Å². The van der Waals surface area contributed by atoms with Crippen molar-refractivity contribution < 1.29 is 19.1 Å². The fourth-order valence-electron chi connectivity index (χ4n) is 3.55. The minimum absolute atomic E-state index is 0.0208. The van der Waals surface area contributed by atoms with E-state index in [0.717, 1.165) is 12.8 Å². The molecule has 1 aliphatic carbocycles. The van der Waals surface area contributed by atoms with Gasteiger partial charge in [0.05, 0.1) is 13.2 Å². The minimum Gasteiger partial charge on any atom is -0.460 e. The highest BCUT2D eigenvalue weighted by Gasteiger charge is 2.36. The fourth-order valence-corrected chi connectivity index (χ4v) is 3.55. The summed E-state index contributed by atoms with van der Waals surface area (Å²) in [6, 6.07) is 0. The Morgan fingerprint density at radius 2 is 2.00 bits per heavy atom. The molecule has 2 fully saturated rings. The molecule has 1 heterocycles. The predicted octanol–water partition coefficient (Wildman–Crippen LogP) is 2.24. The SMILES string of the molecule is CC(=O)N1CCOC(C(=O)O[C@@H]2C[C@H](C)CC[C@H]2C(C)C)C1. The van der Waals surface area contributed by atoms with Crippen LogP contribution in [0.25, 0.3) is 0 Å². The predicted molar refractivity (Wildman–Crippen MR) is 83.2 cm³/mol. The van der Waals surface area contributed by atoms with Crippen molar-refractivity contribution in [1.29, 1.82) is 0 Å². The third-order valence-corrected chi connectivity index (χ3v) is 5.00. The van der Waals surface area contributed by atoms with Gasteiger partial charge in [-0.05, 0) is 30.6 Å². The maximum Gasteiger partial charge on any atom is 0.337 e. The quantitative estimate of drug-likeness (QED) is 0.750. The number of morpholine rings is 1. The van der Waals surface area contributed by atoms with Crippen molar-refractivity contribution in [3.8, 4) is 0 Å². The normalized spacial score (nSPS) is 32.9. The molecule has 4 atom stereocenters. The van der Waals surface area contributed by atoms with Gasteiger partial charge in [-0.1, -0.05) is 27.2 Å². The van der Waals surface area contributed by atoms with Crippen LogP contribution in [0.5, 0.6) is 0 Å². The van der Waals surface area contributed by atoms with Gasteiger partial charge in [0.15, 0.2) is 6.10 Å². The van der Waals surface area contributed by atoms with E-state index < -0.39 is 6.10 Å². The molecule has 1 aliphatic heterocycles. The molecule has 0 aromatic heterocycles. The zero-order valence-corrected chi connectivity index (χ0v) is 14.2. The zero-order valence-electron chi connectivity index (χ0n) is 14.2. The summed E-state index contributed by atoms with van der Waals surface area (Å²) in [6.07, 6.45) is 2.59. The number of hydrogen-bond acceptors (Lipinski definition) is 4. The molecule has 0 spiro atoms. The summed E-state index contributed by atoms with van der Waals surface area (Å²) >= 11 is 0. The number of rotatable bonds is 3. The van der Waals surface area contributed by atoms with Crippen LogP contribution in [-0.2, 0) is 19.1 Å². The van der Waals surface area contributed by atoms with Gasteiger partial charge in [0.25, 0.3) is 0 Å². The average Bonchev–Trinajstić information content (AvgIpc) is 2.47. The summed E-state index contributed by atoms with van der Waals surface area (Å²) < 4.78 is 11.3. The topological polar surface area (TPSA) is 55.8 Å². The van der Waals surface area contributed by atoms with Crippen molar-refractivity contribution >= 4 is 11.9 Å². The van der Waals surface area contributed by atoms with Gasteiger partial charge in [-0.25, -0.2) is 4.79 Å². The monoisotopic (exact) mass is 311 g/mol. The van der Waals surface area contributed by atoms with Gasteiger partial charge in [-0.2, -0.15) is 0 Å². The second kappa shape index (κ2) is 7.44. The molecule has 0 N–H and O–H groups in total. The van der Waals surface area contributed by atoms with E-state index in [0.29, 0.717) is 37.5 Å². The van der Waals surface area contributed by atoms with E-state index in [2.05, 4.69) is 20.8 Å². The molecule has 5 heteroatoms. The number of carbonyl (C=O) groups excluding carboxylic acids is 2. The van der Waals surface area contributed by atoms with Crippen LogP contribution in [0.4, 0.5) is 0 Å². The van der Waals surface area contributed by atoms with Crippen LogP contribution in [-0.4, -0.2) is 48.7 Å². The second-order valence-corrected chi connectivity index (χ2v) is 7.13. The lowest BCUT2D eigenvalue weighted by molar-refractivity contribution is -0.175. The largest absolute Gasteiger partial charge is 0.460 e. The van der Waals surface area contributed by atoms with Crippen LogP contribution in [0, 0.1) is 17.8 Å². The first-order valence-corrected chi connectivity index (χ1v) is 8.46. The third kappa shape index (κ3) is 4.22. The Hall–Kier alpha value is -1.10. The summed E-state index contributed by atoms with van der Waals surface area (Å²) in [4.78, 5) is 25.5. The van der Waals surface area contributed by atoms with Crippen LogP contribution in [0.1, 0.15) is 47.0 Å². The lowest BCUT2D eigenvalue weighted by Gasteiger charge is -2.38. The lowest BCUT2D eigenvalue weighted by atomic mass is 9.75. The fraction of sp³-hybridized carbons (Fsp3) is 0.882. The zero-order chi connectivity index (χ0) is 16.3. The van der Waals surface area contributed by atoms with Crippen molar-refractivity contribution in [3.63, 3.8) is 0 Å². The van der Waals surface area contributed by atoms with Crippen molar-refractivity contribution in [2.75, 3.05) is 19.7 Å². The minimum atomic E-state index is -0.636. The van der Waals surface area contributed by atoms with Gasteiger partial charge in [-0.3, -0.25) is 4.79 Å². The van der Waals surface area contributed by atoms with Gasteiger partial charge in [0.1, 0.15) is 6.10 Å². The van der Waals surface area contributed by atoms with Crippen molar-refractivity contribution in [1.82, 2.24) is 4.90 Å². The first-order valence-electron chi connectivity index (χ1n) is 8.46. The molecule has 1 saturated carbocycles. The summed E-state index contributed by atoms with van der Waals surface area (Å²) in [5.74, 6) is 1.19. The average molecular weight is 311 g/mol. The molecular formula is C17H29NO4. The van der Waals surface area contributed by atoms with Gasteiger partial charge in [0, 0.05) is 13.5 Å². The molecule has 1 saturated heterocycles. The van der Waals surface area contributed by atoms with E-state index >= 15 is 0 Å². The number of carbonyl (C=O) groups is 2. The highest BCUT2D eigenvalue weighted by atomic mass is 16.6. The molecule has 22 heavy (non-hydrogen) atoms. The highest BCUT2D eigenvalue weighted by Crippen LogP contribution is 2.35. The summed E-state index contributed by atoms with van der Waals surface area (Å²) in [6.45, 7) is 9.37. The Morgan fingerprint density at radius 1 is 1.27 bits per heavy atom. The number of amides is 1. The van der Waals surface area contributed by atoms with Crippen molar-refractivity contribution in [2.24, 2.45) is 17.8 Å². The Labute approximate surface area is 133 Å². The first-order chi connectivity index (χ1) is 10.4. The standard InChI is InChI=1S/C17H29NO4/c1-11(2)14-6-5-12(3)9-15(14)22-17(20)16-10-18(13(4)19)7-8-21-16/h11-12,14-16H,5-10H2,1-4H3/t12-,14+,15-,16?/m1/s1. The number of esters is 1. The molecule has 2 aliphatic rings. The highest BCUT2D eigenvalue weighted by molar-refractivity contribution is 5.78. The van der Waals surface area contributed by atoms with E-state index in [-0.39, 0.29) is 18.0 Å². The first kappa shape index (κ1) is 17.3. The molecule has 5 nitrogen and oxygen atoms in total. The lowest BCUT2D eigenvalue weighted by Crippen LogP contribution is -2.49. The van der Waals surface area contributed by atoms with E-state index in [4.69, 9.17) is 9.47 Å². The number of hydrogen-bond donors (Lipinski definition) is 0. The maximum atomic E-state index is 12.4. The molecule has 1 unspecified atom stereocenters. The second-order valence-electron chi connectivity index (χ2n) is 7.13. The summed E-state index contributed by atoms with van der Waals surface area (Å²) in [5, 5.41) is 0. The molecule has 1 amide bonds. The van der Waals surface area contributed by atoms with Gasteiger partial charge < -0.3 is 14.4 Å². The van der Waals surface area contributed by atoms with Crippen LogP contribution in [0.2, 0.25) is 0 Å². The molecule has 126 valence electrons.